The van der Waals surface area contributed by atoms with E-state index in [2.05, 4.69) is 15.6 Å². The number of carbonyl (C=O) groups excluding carboxylic acids is 1. The predicted molar refractivity (Wildman–Crippen MR) is 99.5 cm³/mol. The summed E-state index contributed by atoms with van der Waals surface area (Å²) >= 11 is 0. The molecule has 3 heterocycles. The summed E-state index contributed by atoms with van der Waals surface area (Å²) in [6, 6.07) is 5.74. The van der Waals surface area contributed by atoms with Gasteiger partial charge in [-0.15, -0.1) is 0 Å². The van der Waals surface area contributed by atoms with Crippen molar-refractivity contribution in [2.75, 3.05) is 19.6 Å². The third-order valence-electron chi connectivity index (χ3n) is 4.74. The SMILES string of the molecule is Cc1cc(C2CCCNC2)oc(=O)c1C(=O)NCCCc1cccnc1. The highest BCUT2D eigenvalue weighted by molar-refractivity contribution is 5.95. The van der Waals surface area contributed by atoms with E-state index in [1.54, 1.807) is 13.1 Å². The van der Waals surface area contributed by atoms with E-state index in [0.717, 1.165) is 44.3 Å². The monoisotopic (exact) mass is 355 g/mol. The first kappa shape index (κ1) is 18.3. The Labute approximate surface area is 153 Å². The van der Waals surface area contributed by atoms with Gasteiger partial charge >= 0.3 is 5.63 Å². The highest BCUT2D eigenvalue weighted by atomic mass is 16.4. The number of carbonyl (C=O) groups is 1. The van der Waals surface area contributed by atoms with Crippen molar-refractivity contribution in [3.8, 4) is 0 Å². The zero-order valence-electron chi connectivity index (χ0n) is 15.1. The van der Waals surface area contributed by atoms with Crippen LogP contribution in [0.15, 0.2) is 39.8 Å². The Morgan fingerprint density at radius 1 is 1.46 bits per heavy atom. The van der Waals surface area contributed by atoms with Gasteiger partial charge in [-0.25, -0.2) is 4.79 Å². The number of hydrogen-bond acceptors (Lipinski definition) is 5. The molecule has 1 unspecified atom stereocenters. The molecule has 0 aliphatic carbocycles. The normalized spacial score (nSPS) is 17.0. The van der Waals surface area contributed by atoms with E-state index in [1.165, 1.54) is 0 Å². The van der Waals surface area contributed by atoms with Gasteiger partial charge in [-0.2, -0.15) is 0 Å². The van der Waals surface area contributed by atoms with E-state index in [0.29, 0.717) is 17.9 Å². The molecule has 1 fully saturated rings. The molecule has 1 amide bonds. The van der Waals surface area contributed by atoms with Gasteiger partial charge in [0.2, 0.25) is 0 Å². The summed E-state index contributed by atoms with van der Waals surface area (Å²) < 4.78 is 5.46. The first-order valence-corrected chi connectivity index (χ1v) is 9.17. The van der Waals surface area contributed by atoms with Crippen molar-refractivity contribution in [2.45, 2.75) is 38.5 Å². The van der Waals surface area contributed by atoms with Crippen LogP contribution in [-0.2, 0) is 6.42 Å². The fourth-order valence-corrected chi connectivity index (χ4v) is 3.33. The van der Waals surface area contributed by atoms with E-state index in [4.69, 9.17) is 4.42 Å². The lowest BCUT2D eigenvalue weighted by atomic mass is 9.95. The van der Waals surface area contributed by atoms with Gasteiger partial charge in [0.25, 0.3) is 5.91 Å². The highest BCUT2D eigenvalue weighted by Crippen LogP contribution is 2.23. The lowest BCUT2D eigenvalue weighted by molar-refractivity contribution is 0.0948. The molecule has 2 N–H and O–H groups in total. The van der Waals surface area contributed by atoms with Crippen molar-refractivity contribution in [3.63, 3.8) is 0 Å². The molecule has 1 atom stereocenters. The third kappa shape index (κ3) is 4.58. The smallest absolute Gasteiger partial charge is 0.349 e. The van der Waals surface area contributed by atoms with Crippen LogP contribution in [0.4, 0.5) is 0 Å². The lowest BCUT2D eigenvalue weighted by Gasteiger charge is -2.22. The van der Waals surface area contributed by atoms with Crippen molar-refractivity contribution in [1.29, 1.82) is 0 Å². The topological polar surface area (TPSA) is 84.2 Å². The summed E-state index contributed by atoms with van der Waals surface area (Å²) in [5.41, 5.74) is 1.36. The number of nitrogens with one attached hydrogen (secondary N) is 2. The van der Waals surface area contributed by atoms with Gasteiger partial charge in [0.15, 0.2) is 0 Å². The molecule has 6 nitrogen and oxygen atoms in total. The Hall–Kier alpha value is -2.47. The number of hydrogen-bond donors (Lipinski definition) is 2. The van der Waals surface area contributed by atoms with E-state index in [1.807, 2.05) is 24.4 Å². The molecular formula is C20H25N3O3. The number of rotatable bonds is 6. The Morgan fingerprint density at radius 2 is 2.35 bits per heavy atom. The Bertz CT molecular complexity index is 796. The quantitative estimate of drug-likeness (QED) is 0.776. The summed E-state index contributed by atoms with van der Waals surface area (Å²) in [5, 5.41) is 6.13. The minimum atomic E-state index is -0.546. The molecule has 0 radical (unpaired) electrons. The maximum atomic E-state index is 12.4. The number of piperidine rings is 1. The van der Waals surface area contributed by atoms with Gasteiger partial charge in [-0.3, -0.25) is 9.78 Å². The number of nitrogens with zero attached hydrogens (tertiary/aromatic N) is 1. The molecule has 138 valence electrons. The molecule has 1 aliphatic heterocycles. The molecule has 0 spiro atoms. The minimum Gasteiger partial charge on any atom is -0.427 e. The van der Waals surface area contributed by atoms with Gasteiger partial charge in [0, 0.05) is 31.4 Å². The van der Waals surface area contributed by atoms with Crippen LogP contribution in [0.3, 0.4) is 0 Å². The summed E-state index contributed by atoms with van der Waals surface area (Å²) in [6.07, 6.45) is 7.23. The Balaban J connectivity index is 1.59. The van der Waals surface area contributed by atoms with Gasteiger partial charge in [-0.05, 0) is 62.4 Å². The molecule has 0 aromatic carbocycles. The molecular weight excluding hydrogens is 330 g/mol. The van der Waals surface area contributed by atoms with Crippen LogP contribution in [0.25, 0.3) is 0 Å². The summed E-state index contributed by atoms with van der Waals surface area (Å²) in [4.78, 5) is 28.8. The lowest BCUT2D eigenvalue weighted by Crippen LogP contribution is -2.32. The fourth-order valence-electron chi connectivity index (χ4n) is 3.33. The number of aromatic nitrogens is 1. The fraction of sp³-hybridized carbons (Fsp3) is 0.450. The molecule has 2 aromatic heterocycles. The van der Waals surface area contributed by atoms with Crippen LogP contribution in [0, 0.1) is 6.92 Å². The second-order valence-corrected chi connectivity index (χ2v) is 6.76. The largest absolute Gasteiger partial charge is 0.427 e. The molecule has 0 bridgehead atoms. The van der Waals surface area contributed by atoms with Crippen molar-refractivity contribution in [2.24, 2.45) is 0 Å². The Morgan fingerprint density at radius 3 is 3.04 bits per heavy atom. The summed E-state index contributed by atoms with van der Waals surface area (Å²) in [6.45, 7) is 4.10. The molecule has 1 aliphatic rings. The first-order chi connectivity index (χ1) is 12.6. The zero-order chi connectivity index (χ0) is 18.4. The third-order valence-corrected chi connectivity index (χ3v) is 4.74. The molecule has 6 heteroatoms. The summed E-state index contributed by atoms with van der Waals surface area (Å²) in [7, 11) is 0. The first-order valence-electron chi connectivity index (χ1n) is 9.17. The molecule has 2 aromatic rings. The highest BCUT2D eigenvalue weighted by Gasteiger charge is 2.22. The van der Waals surface area contributed by atoms with Crippen LogP contribution < -0.4 is 16.3 Å². The number of amides is 1. The van der Waals surface area contributed by atoms with Gasteiger partial charge in [0.05, 0.1) is 0 Å². The second kappa shape index (κ2) is 8.76. The van der Waals surface area contributed by atoms with Crippen molar-refractivity contribution >= 4 is 5.91 Å². The van der Waals surface area contributed by atoms with Gasteiger partial charge in [-0.1, -0.05) is 6.07 Å². The van der Waals surface area contributed by atoms with Gasteiger partial charge in [0.1, 0.15) is 11.3 Å². The molecule has 1 saturated heterocycles. The standard InChI is InChI=1S/C20H25N3O3/c1-14-11-17(16-7-4-9-22-13-16)26-20(25)18(14)19(24)23-10-3-6-15-5-2-8-21-12-15/h2,5,8,11-12,16,22H,3-4,6-7,9-10,13H2,1H3,(H,23,24). The molecule has 3 rings (SSSR count). The number of aryl methyl sites for hydroxylation is 2. The maximum Gasteiger partial charge on any atom is 0.349 e. The van der Waals surface area contributed by atoms with Crippen molar-refractivity contribution in [3.05, 3.63) is 63.5 Å². The van der Waals surface area contributed by atoms with Gasteiger partial charge < -0.3 is 15.1 Å². The summed E-state index contributed by atoms with van der Waals surface area (Å²) in [5.74, 6) is 0.510. The molecule has 26 heavy (non-hydrogen) atoms. The van der Waals surface area contributed by atoms with Crippen LogP contribution in [-0.4, -0.2) is 30.5 Å². The van der Waals surface area contributed by atoms with Crippen LogP contribution >= 0.6 is 0 Å². The van der Waals surface area contributed by atoms with Crippen LogP contribution in [0.1, 0.15) is 52.4 Å². The average molecular weight is 355 g/mol. The van der Waals surface area contributed by atoms with E-state index in [9.17, 15) is 9.59 Å². The number of pyridine rings is 1. The minimum absolute atomic E-state index is 0.110. The Kier molecular flexibility index (Phi) is 6.17. The predicted octanol–water partition coefficient (Wildman–Crippen LogP) is 2.17. The van der Waals surface area contributed by atoms with Crippen LogP contribution in [0.2, 0.25) is 0 Å². The average Bonchev–Trinajstić information content (AvgIpc) is 2.66. The maximum absolute atomic E-state index is 12.4. The van der Waals surface area contributed by atoms with Crippen LogP contribution in [0.5, 0.6) is 0 Å². The van der Waals surface area contributed by atoms with Crippen molar-refractivity contribution < 1.29 is 9.21 Å². The zero-order valence-corrected chi connectivity index (χ0v) is 15.1. The van der Waals surface area contributed by atoms with Crippen molar-refractivity contribution in [1.82, 2.24) is 15.6 Å². The molecule has 0 saturated carbocycles. The van der Waals surface area contributed by atoms with E-state index < -0.39 is 5.63 Å². The van der Waals surface area contributed by atoms with E-state index in [-0.39, 0.29) is 17.4 Å². The second-order valence-electron chi connectivity index (χ2n) is 6.76. The van der Waals surface area contributed by atoms with E-state index >= 15 is 0 Å².